The lowest BCUT2D eigenvalue weighted by Crippen LogP contribution is -2.14. The third-order valence-corrected chi connectivity index (χ3v) is 3.53. The molecule has 24 heavy (non-hydrogen) atoms. The maximum absolute atomic E-state index is 12.2. The van der Waals surface area contributed by atoms with Crippen molar-refractivity contribution in [2.24, 2.45) is 4.36 Å². The Balaban J connectivity index is 2.21. The third kappa shape index (κ3) is 4.40. The van der Waals surface area contributed by atoms with E-state index in [1.165, 1.54) is 24.3 Å². The fraction of sp³-hybridized carbons (Fsp3) is 0. The first-order valence-electron chi connectivity index (χ1n) is 5.90. The number of para-hydroxylation sites is 1. The number of ether oxygens (including phenoxy) is 1. The molecule has 124 valence electrons. The van der Waals surface area contributed by atoms with Crippen LogP contribution in [-0.2, 0) is 10.5 Å². The number of amides is 2. The van der Waals surface area contributed by atoms with Gasteiger partial charge in [0.25, 0.3) is 5.91 Å². The largest absolute Gasteiger partial charge is 0.454 e. The van der Waals surface area contributed by atoms with Gasteiger partial charge in [0, 0.05) is 0 Å². The minimum Gasteiger partial charge on any atom is -0.407 e. The SMILES string of the molecule is O=C(N=S(=O)=O)Oc1ccccc1C(=O)Nc1ncc([N+](=O)[O-])s1. The lowest BCUT2D eigenvalue weighted by Gasteiger charge is -2.07. The zero-order valence-electron chi connectivity index (χ0n) is 11.4. The Labute approximate surface area is 138 Å². The van der Waals surface area contributed by atoms with Gasteiger partial charge in [0.15, 0.2) is 5.13 Å². The van der Waals surface area contributed by atoms with Crippen molar-refractivity contribution in [2.45, 2.75) is 0 Å². The third-order valence-electron chi connectivity index (χ3n) is 2.37. The van der Waals surface area contributed by atoms with Gasteiger partial charge in [0.2, 0.25) is 0 Å². The normalized spacial score (nSPS) is 9.83. The van der Waals surface area contributed by atoms with E-state index >= 15 is 0 Å². The number of hydrogen-bond acceptors (Lipinski definition) is 9. The van der Waals surface area contributed by atoms with E-state index < -0.39 is 27.4 Å². The first kappa shape index (κ1) is 17.2. The van der Waals surface area contributed by atoms with E-state index in [9.17, 15) is 28.1 Å². The number of anilines is 1. The molecule has 0 fully saturated rings. The summed E-state index contributed by atoms with van der Waals surface area (Å²) in [4.78, 5) is 37.0. The number of nitro groups is 1. The van der Waals surface area contributed by atoms with Gasteiger partial charge in [-0.05, 0) is 23.5 Å². The molecule has 1 N–H and O–H groups in total. The lowest BCUT2D eigenvalue weighted by molar-refractivity contribution is -0.380. The highest BCUT2D eigenvalue weighted by molar-refractivity contribution is 7.62. The Morgan fingerprint density at radius 2 is 2.04 bits per heavy atom. The molecular weight excluding hydrogens is 364 g/mol. The van der Waals surface area contributed by atoms with Crippen molar-refractivity contribution in [3.05, 3.63) is 46.1 Å². The molecule has 13 heteroatoms. The van der Waals surface area contributed by atoms with Gasteiger partial charge in [-0.3, -0.25) is 20.2 Å². The summed E-state index contributed by atoms with van der Waals surface area (Å²) in [6, 6.07) is 5.47. The van der Waals surface area contributed by atoms with Gasteiger partial charge in [-0.25, -0.2) is 9.78 Å². The molecule has 2 aromatic rings. The summed E-state index contributed by atoms with van der Waals surface area (Å²) in [6.07, 6.45) is -0.442. The van der Waals surface area contributed by atoms with E-state index in [4.69, 9.17) is 0 Å². The smallest absolute Gasteiger partial charge is 0.407 e. The van der Waals surface area contributed by atoms with Crippen LogP contribution in [0.1, 0.15) is 10.4 Å². The van der Waals surface area contributed by atoms with Crippen molar-refractivity contribution >= 4 is 44.0 Å². The molecule has 0 bridgehead atoms. The molecule has 11 nitrogen and oxygen atoms in total. The summed E-state index contributed by atoms with van der Waals surface area (Å²) < 4.78 is 27.9. The quantitative estimate of drug-likeness (QED) is 0.631. The Kier molecular flexibility index (Phi) is 5.28. The van der Waals surface area contributed by atoms with E-state index in [2.05, 4.69) is 19.4 Å². The summed E-state index contributed by atoms with van der Waals surface area (Å²) in [5.74, 6) is -0.994. The van der Waals surface area contributed by atoms with Gasteiger partial charge in [-0.2, -0.15) is 8.42 Å². The van der Waals surface area contributed by atoms with Gasteiger partial charge < -0.3 is 4.74 Å². The van der Waals surface area contributed by atoms with Crippen molar-refractivity contribution in [1.82, 2.24) is 4.98 Å². The molecule has 0 aliphatic heterocycles. The average Bonchev–Trinajstić information content (AvgIpc) is 2.95. The van der Waals surface area contributed by atoms with Crippen molar-refractivity contribution in [3.8, 4) is 5.75 Å². The summed E-state index contributed by atoms with van der Waals surface area (Å²) in [6.45, 7) is 0. The first-order valence-corrected chi connectivity index (χ1v) is 7.75. The van der Waals surface area contributed by atoms with Crippen molar-refractivity contribution in [2.75, 3.05) is 5.32 Å². The van der Waals surface area contributed by atoms with Crippen molar-refractivity contribution in [3.63, 3.8) is 0 Å². The molecule has 0 spiro atoms. The molecule has 0 radical (unpaired) electrons. The van der Waals surface area contributed by atoms with Crippen LogP contribution in [0.25, 0.3) is 0 Å². The molecule has 2 rings (SSSR count). The number of carbonyl (C=O) groups is 2. The minimum absolute atomic E-state index is 0.0295. The Morgan fingerprint density at radius 3 is 2.67 bits per heavy atom. The van der Waals surface area contributed by atoms with E-state index in [1.54, 1.807) is 0 Å². The topological polar surface area (TPSA) is 158 Å². The number of thiazole rings is 1. The Hall–Kier alpha value is -3.19. The molecule has 0 aliphatic carbocycles. The van der Waals surface area contributed by atoms with Crippen LogP contribution >= 0.6 is 11.3 Å². The predicted octanol–water partition coefficient (Wildman–Crippen LogP) is 1.87. The van der Waals surface area contributed by atoms with E-state index in [0.717, 1.165) is 6.20 Å². The number of nitrogens with one attached hydrogen (secondary N) is 1. The van der Waals surface area contributed by atoms with Crippen LogP contribution in [0.3, 0.4) is 0 Å². The van der Waals surface area contributed by atoms with Crippen LogP contribution in [-0.4, -0.2) is 30.3 Å². The van der Waals surface area contributed by atoms with Crippen LogP contribution in [0.2, 0.25) is 0 Å². The lowest BCUT2D eigenvalue weighted by atomic mass is 10.2. The second kappa shape index (κ2) is 7.38. The molecule has 0 saturated heterocycles. The fourth-order valence-electron chi connectivity index (χ4n) is 1.49. The zero-order chi connectivity index (χ0) is 17.7. The average molecular weight is 370 g/mol. The van der Waals surface area contributed by atoms with Gasteiger partial charge in [-0.1, -0.05) is 16.5 Å². The molecule has 1 aromatic heterocycles. The molecule has 0 unspecified atom stereocenters. The summed E-state index contributed by atoms with van der Waals surface area (Å²) in [7, 11) is -2.99. The monoisotopic (exact) mass is 370 g/mol. The van der Waals surface area contributed by atoms with Crippen LogP contribution in [0.4, 0.5) is 14.9 Å². The molecule has 1 aromatic carbocycles. The molecular formula is C11H6N4O7S2. The Bertz CT molecular complexity index is 943. The van der Waals surface area contributed by atoms with Crippen LogP contribution in [0.15, 0.2) is 34.8 Å². The van der Waals surface area contributed by atoms with Crippen molar-refractivity contribution < 1.29 is 27.7 Å². The zero-order valence-corrected chi connectivity index (χ0v) is 13.0. The van der Waals surface area contributed by atoms with Gasteiger partial charge in [0.1, 0.15) is 11.9 Å². The maximum atomic E-state index is 12.2. The van der Waals surface area contributed by atoms with Crippen LogP contribution < -0.4 is 10.1 Å². The summed E-state index contributed by atoms with van der Waals surface area (Å²) in [5.41, 5.74) is -0.115. The second-order valence-corrected chi connectivity index (χ2v) is 5.51. The van der Waals surface area contributed by atoms with E-state index in [0.29, 0.717) is 11.3 Å². The van der Waals surface area contributed by atoms with Gasteiger partial charge in [-0.15, -0.1) is 0 Å². The number of nitrogens with zero attached hydrogens (tertiary/aromatic N) is 3. The molecule has 2 amide bonds. The predicted molar refractivity (Wildman–Crippen MR) is 80.5 cm³/mol. The molecule has 0 saturated carbocycles. The number of carbonyl (C=O) groups excluding carboxylic acids is 2. The highest BCUT2D eigenvalue weighted by Gasteiger charge is 2.18. The van der Waals surface area contributed by atoms with Gasteiger partial charge in [0.05, 0.1) is 10.5 Å². The molecule has 0 atom stereocenters. The Morgan fingerprint density at radius 1 is 1.33 bits per heavy atom. The first-order chi connectivity index (χ1) is 11.4. The second-order valence-electron chi connectivity index (χ2n) is 3.89. The van der Waals surface area contributed by atoms with Gasteiger partial charge >= 0.3 is 21.6 Å². The van der Waals surface area contributed by atoms with E-state index in [-0.39, 0.29) is 21.4 Å². The standard InChI is InChI=1S/C11H6N4O7S2/c16-9(13-10-12-5-8(23-10)15(18)19)6-3-1-2-4-7(6)22-11(17)14-24(20)21/h1-5H,(H,12,13,16). The van der Waals surface area contributed by atoms with Crippen LogP contribution in [0.5, 0.6) is 5.75 Å². The molecule has 0 aliphatic rings. The number of hydrogen-bond donors (Lipinski definition) is 1. The summed E-state index contributed by atoms with van der Waals surface area (Å²) in [5, 5.41) is 12.6. The maximum Gasteiger partial charge on any atom is 0.454 e. The van der Waals surface area contributed by atoms with Crippen molar-refractivity contribution in [1.29, 1.82) is 0 Å². The van der Waals surface area contributed by atoms with Crippen LogP contribution in [0, 0.1) is 10.1 Å². The fourth-order valence-corrected chi connectivity index (χ4v) is 2.28. The van der Waals surface area contributed by atoms with E-state index in [1.807, 2.05) is 0 Å². The summed E-state index contributed by atoms with van der Waals surface area (Å²) >= 11 is 0.642. The molecule has 1 heterocycles. The highest BCUT2D eigenvalue weighted by atomic mass is 32.2. The number of rotatable bonds is 4. The number of benzene rings is 1. The minimum atomic E-state index is -2.99. The number of aromatic nitrogens is 1. The highest BCUT2D eigenvalue weighted by Crippen LogP contribution is 2.26.